The van der Waals surface area contributed by atoms with E-state index in [1.54, 1.807) is 0 Å². The third-order valence-electron chi connectivity index (χ3n) is 12.0. The summed E-state index contributed by atoms with van der Waals surface area (Å²) in [5.41, 5.74) is 14.3. The lowest BCUT2D eigenvalue weighted by atomic mass is 10.0. The second-order valence-electron chi connectivity index (χ2n) is 15.7. The fourth-order valence-corrected chi connectivity index (χ4v) is 9.01. The van der Waals surface area contributed by atoms with Crippen molar-refractivity contribution in [2.75, 3.05) is 0 Å². The highest BCUT2D eigenvalue weighted by atomic mass is 15.0. The number of fused-ring (bicyclic) bond motifs is 6. The van der Waals surface area contributed by atoms with Gasteiger partial charge < -0.3 is 9.13 Å². The van der Waals surface area contributed by atoms with Crippen LogP contribution < -0.4 is 0 Å². The molecule has 0 saturated heterocycles. The van der Waals surface area contributed by atoms with Crippen LogP contribution in [0.5, 0.6) is 0 Å². The lowest BCUT2D eigenvalue weighted by Gasteiger charge is -2.12. The van der Waals surface area contributed by atoms with Crippen molar-refractivity contribution in [3.05, 3.63) is 224 Å². The van der Waals surface area contributed by atoms with Gasteiger partial charge in [-0.15, -0.1) is 0 Å². The summed E-state index contributed by atoms with van der Waals surface area (Å²) in [4.78, 5) is 15.0. The first-order valence-corrected chi connectivity index (χ1v) is 20.9. The Hall–Kier alpha value is -8.41. The Labute approximate surface area is 358 Å². The average Bonchev–Trinajstić information content (AvgIpc) is 3.87. The number of para-hydroxylation sites is 2. The van der Waals surface area contributed by atoms with Gasteiger partial charge in [0.05, 0.1) is 22.1 Å². The first kappa shape index (κ1) is 35.5. The number of benzene rings is 9. The van der Waals surface area contributed by atoms with Gasteiger partial charge in [0.2, 0.25) is 0 Å². The van der Waals surface area contributed by atoms with Gasteiger partial charge in [-0.3, -0.25) is 0 Å². The Morgan fingerprint density at radius 1 is 0.226 bits per heavy atom. The summed E-state index contributed by atoms with van der Waals surface area (Å²) in [5.74, 6) is 1.91. The van der Waals surface area contributed by atoms with E-state index < -0.39 is 0 Å². The van der Waals surface area contributed by atoms with Crippen LogP contribution >= 0.6 is 0 Å². The zero-order valence-corrected chi connectivity index (χ0v) is 33.6. The lowest BCUT2D eigenvalue weighted by Crippen LogP contribution is -2.01. The number of hydrogen-bond acceptors (Lipinski definition) is 3. The van der Waals surface area contributed by atoms with E-state index in [0.717, 1.165) is 50.2 Å². The molecular weight excluding hydrogens is 755 g/mol. The van der Waals surface area contributed by atoms with Crippen LogP contribution in [0.4, 0.5) is 0 Å². The van der Waals surface area contributed by atoms with E-state index in [1.165, 1.54) is 43.7 Å². The van der Waals surface area contributed by atoms with Crippen molar-refractivity contribution in [3.63, 3.8) is 0 Å². The van der Waals surface area contributed by atoms with Crippen LogP contribution in [0.1, 0.15) is 0 Å². The zero-order valence-electron chi connectivity index (χ0n) is 33.6. The van der Waals surface area contributed by atoms with Crippen molar-refractivity contribution in [2.45, 2.75) is 0 Å². The molecule has 0 atom stereocenters. The van der Waals surface area contributed by atoms with Crippen LogP contribution in [-0.4, -0.2) is 24.1 Å². The fourth-order valence-electron chi connectivity index (χ4n) is 9.01. The summed E-state index contributed by atoms with van der Waals surface area (Å²) in [6.45, 7) is 0. The van der Waals surface area contributed by atoms with Crippen LogP contribution in [0.15, 0.2) is 224 Å². The topological polar surface area (TPSA) is 48.5 Å². The molecule has 12 aromatic rings. The monoisotopic (exact) mass is 791 g/mol. The van der Waals surface area contributed by atoms with Gasteiger partial charge in [0, 0.05) is 49.6 Å². The van der Waals surface area contributed by atoms with Crippen LogP contribution in [-0.2, 0) is 0 Å². The molecule has 5 nitrogen and oxygen atoms in total. The molecule has 0 N–H and O–H groups in total. The second kappa shape index (κ2) is 14.7. The molecule has 3 aromatic heterocycles. The normalized spacial score (nSPS) is 11.5. The molecule has 0 aliphatic carbocycles. The summed E-state index contributed by atoms with van der Waals surface area (Å²) < 4.78 is 4.76. The summed E-state index contributed by atoms with van der Waals surface area (Å²) in [6, 6.07) is 79.4. The Morgan fingerprint density at radius 3 is 1.15 bits per heavy atom. The molecule has 9 aromatic carbocycles. The predicted octanol–water partition coefficient (Wildman–Crippen LogP) is 14.4. The van der Waals surface area contributed by atoms with E-state index in [-0.39, 0.29) is 0 Å². The molecule has 0 amide bonds. The molecule has 5 heteroatoms. The van der Waals surface area contributed by atoms with Crippen LogP contribution in [0, 0.1) is 0 Å². The van der Waals surface area contributed by atoms with E-state index in [2.05, 4.69) is 173 Å². The van der Waals surface area contributed by atoms with Gasteiger partial charge in [-0.05, 0) is 70.8 Å². The van der Waals surface area contributed by atoms with Gasteiger partial charge in [0.15, 0.2) is 17.5 Å². The molecule has 0 bridgehead atoms. The van der Waals surface area contributed by atoms with E-state index in [9.17, 15) is 0 Å². The van der Waals surface area contributed by atoms with Gasteiger partial charge >= 0.3 is 0 Å². The minimum Gasteiger partial charge on any atom is -0.309 e. The maximum Gasteiger partial charge on any atom is 0.164 e. The number of aromatic nitrogens is 5. The molecule has 0 fully saturated rings. The highest BCUT2D eigenvalue weighted by Gasteiger charge is 2.18. The molecule has 0 saturated carbocycles. The lowest BCUT2D eigenvalue weighted by molar-refractivity contribution is 1.07. The third-order valence-corrected chi connectivity index (χ3v) is 12.0. The van der Waals surface area contributed by atoms with E-state index >= 15 is 0 Å². The first-order valence-electron chi connectivity index (χ1n) is 20.9. The fraction of sp³-hybridized carbons (Fsp3) is 0. The number of rotatable bonds is 7. The molecule has 12 rings (SSSR count). The molecule has 0 aliphatic rings. The summed E-state index contributed by atoms with van der Waals surface area (Å²) in [5, 5.41) is 4.89. The molecule has 3 heterocycles. The summed E-state index contributed by atoms with van der Waals surface area (Å²) in [6.07, 6.45) is 0. The first-order chi connectivity index (χ1) is 30.7. The second-order valence-corrected chi connectivity index (χ2v) is 15.7. The smallest absolute Gasteiger partial charge is 0.164 e. The summed E-state index contributed by atoms with van der Waals surface area (Å²) in [7, 11) is 0. The average molecular weight is 792 g/mol. The van der Waals surface area contributed by atoms with Gasteiger partial charge in [-0.25, -0.2) is 15.0 Å². The maximum atomic E-state index is 5.04. The van der Waals surface area contributed by atoms with E-state index in [1.807, 2.05) is 60.7 Å². The molecule has 0 aliphatic heterocycles. The minimum absolute atomic E-state index is 0.626. The van der Waals surface area contributed by atoms with E-state index in [4.69, 9.17) is 15.0 Å². The van der Waals surface area contributed by atoms with Crippen molar-refractivity contribution >= 4 is 43.6 Å². The Morgan fingerprint density at radius 2 is 0.613 bits per heavy atom. The Kier molecular flexibility index (Phi) is 8.42. The molecule has 0 spiro atoms. The van der Waals surface area contributed by atoms with Gasteiger partial charge in [0.1, 0.15) is 0 Å². The molecule has 0 radical (unpaired) electrons. The SMILES string of the molecule is c1ccc(-c2ccc3c4ccccc4n(-c4ccc(-c5ccc6c7ccccc7n(-c7cccc(-c8nc(-c9ccccc9)nc(-c9ccccc9)n8)c7)c6c5)cc4)c3c2)cc1. The largest absolute Gasteiger partial charge is 0.309 e. The van der Waals surface area contributed by atoms with Crippen molar-refractivity contribution < 1.29 is 0 Å². The highest BCUT2D eigenvalue weighted by molar-refractivity contribution is 6.11. The summed E-state index contributed by atoms with van der Waals surface area (Å²) >= 11 is 0. The molecule has 290 valence electrons. The van der Waals surface area contributed by atoms with Crippen molar-refractivity contribution in [1.82, 2.24) is 24.1 Å². The minimum atomic E-state index is 0.626. The molecule has 0 unspecified atom stereocenters. The Balaban J connectivity index is 0.966. The van der Waals surface area contributed by atoms with Crippen LogP contribution in [0.25, 0.3) is 111 Å². The standard InChI is InChI=1S/C57H37N5/c1-4-15-38(16-5-1)42-29-33-49-47-23-10-12-25-51(47)61(53(49)36-42)45-31-27-39(28-32-45)43-30-34-50-48-24-11-13-26-52(48)62(54(50)37-43)46-22-14-21-44(35-46)57-59-55(40-17-6-2-7-18-40)58-56(60-57)41-19-8-3-9-20-41/h1-37H. The van der Waals surface area contributed by atoms with Gasteiger partial charge in [-0.2, -0.15) is 0 Å². The van der Waals surface area contributed by atoms with Crippen LogP contribution in [0.2, 0.25) is 0 Å². The van der Waals surface area contributed by atoms with Gasteiger partial charge in [-0.1, -0.05) is 176 Å². The van der Waals surface area contributed by atoms with Crippen molar-refractivity contribution in [3.8, 4) is 67.8 Å². The van der Waals surface area contributed by atoms with Crippen molar-refractivity contribution in [1.29, 1.82) is 0 Å². The van der Waals surface area contributed by atoms with E-state index in [0.29, 0.717) is 17.5 Å². The van der Waals surface area contributed by atoms with Gasteiger partial charge in [0.25, 0.3) is 0 Å². The number of hydrogen-bond donors (Lipinski definition) is 0. The highest BCUT2D eigenvalue weighted by Crippen LogP contribution is 2.38. The molecular formula is C57H37N5. The number of nitrogens with zero attached hydrogens (tertiary/aromatic N) is 5. The quantitative estimate of drug-likeness (QED) is 0.162. The zero-order chi connectivity index (χ0) is 41.0. The molecule has 62 heavy (non-hydrogen) atoms. The van der Waals surface area contributed by atoms with Crippen LogP contribution in [0.3, 0.4) is 0 Å². The third kappa shape index (κ3) is 6.06. The Bertz CT molecular complexity index is 3550. The maximum absolute atomic E-state index is 5.04. The predicted molar refractivity (Wildman–Crippen MR) is 256 cm³/mol. The van der Waals surface area contributed by atoms with Crippen molar-refractivity contribution in [2.24, 2.45) is 0 Å².